The molecule has 0 unspecified atom stereocenters. The topological polar surface area (TPSA) is 41.1 Å². The maximum Gasteiger partial charge on any atom is 0.347 e. The fourth-order valence-corrected chi connectivity index (χ4v) is 2.99. The highest BCUT2D eigenvalue weighted by Gasteiger charge is 2.17. The lowest BCUT2D eigenvalue weighted by atomic mass is 10.3. The number of halogens is 1. The molecule has 0 heterocycles. The molecule has 0 aliphatic carbocycles. The molecule has 0 radical (unpaired) electrons. The second kappa shape index (κ2) is 5.26. The van der Waals surface area contributed by atoms with E-state index in [4.69, 9.17) is 11.2 Å². The second-order valence-corrected chi connectivity index (χ2v) is 6.43. The molecule has 2 rings (SSSR count). The van der Waals surface area contributed by atoms with Gasteiger partial charge in [0.25, 0.3) is 0 Å². The summed E-state index contributed by atoms with van der Waals surface area (Å²) in [6.45, 7) is -3.16. The molecule has 0 bridgehead atoms. The van der Waals surface area contributed by atoms with Crippen LogP contribution in [0, 0.1) is 0 Å². The van der Waals surface area contributed by atoms with E-state index in [0.29, 0.717) is 11.4 Å². The van der Waals surface area contributed by atoms with Crippen LogP contribution < -0.4 is 10.2 Å². The van der Waals surface area contributed by atoms with E-state index in [1.807, 2.05) is 60.7 Å². The van der Waals surface area contributed by atoms with Gasteiger partial charge in [0, 0.05) is 11.4 Å². The summed E-state index contributed by atoms with van der Waals surface area (Å²) in [4.78, 5) is 0. The Balaban J connectivity index is 2.07. The van der Waals surface area contributed by atoms with Gasteiger partial charge >= 0.3 is 6.80 Å². The van der Waals surface area contributed by atoms with E-state index in [-0.39, 0.29) is 0 Å². The molecule has 17 heavy (non-hydrogen) atoms. The van der Waals surface area contributed by atoms with E-state index >= 15 is 0 Å². The quantitative estimate of drug-likeness (QED) is 0.797. The standard InChI is InChI=1S/C12H12ClN2OP/c13-17(16,14-11-7-3-1-4-8-11)15-12-9-5-2-6-10-12/h1-10H,(H2,14,15,16). The Bertz CT molecular complexity index is 473. The average Bonchev–Trinajstić information content (AvgIpc) is 2.30. The minimum Gasteiger partial charge on any atom is -0.308 e. The van der Waals surface area contributed by atoms with Gasteiger partial charge in [-0.25, -0.2) is 0 Å². The van der Waals surface area contributed by atoms with Gasteiger partial charge in [0.05, 0.1) is 0 Å². The van der Waals surface area contributed by atoms with Crippen molar-refractivity contribution in [1.29, 1.82) is 0 Å². The van der Waals surface area contributed by atoms with Crippen molar-refractivity contribution in [3.8, 4) is 0 Å². The number of hydrogen-bond acceptors (Lipinski definition) is 1. The number of para-hydroxylation sites is 2. The van der Waals surface area contributed by atoms with Crippen molar-refractivity contribution in [2.75, 3.05) is 10.2 Å². The fraction of sp³-hybridized carbons (Fsp3) is 0. The number of hydrogen-bond donors (Lipinski definition) is 2. The predicted molar refractivity (Wildman–Crippen MR) is 73.6 cm³/mol. The first-order valence-electron chi connectivity index (χ1n) is 5.12. The minimum atomic E-state index is -3.16. The van der Waals surface area contributed by atoms with E-state index in [1.165, 1.54) is 0 Å². The van der Waals surface area contributed by atoms with E-state index in [2.05, 4.69) is 10.2 Å². The molecule has 2 aromatic carbocycles. The van der Waals surface area contributed by atoms with E-state index < -0.39 is 6.80 Å². The molecule has 2 N–H and O–H groups in total. The summed E-state index contributed by atoms with van der Waals surface area (Å²) in [5, 5.41) is 5.55. The molecule has 3 nitrogen and oxygen atoms in total. The van der Waals surface area contributed by atoms with Crippen LogP contribution in [-0.2, 0) is 4.57 Å². The third kappa shape index (κ3) is 3.81. The molecule has 0 saturated heterocycles. The summed E-state index contributed by atoms with van der Waals surface area (Å²) in [6, 6.07) is 18.4. The van der Waals surface area contributed by atoms with Crippen LogP contribution in [0.4, 0.5) is 11.4 Å². The molecule has 0 fully saturated rings. The Morgan fingerprint density at radius 1 is 0.765 bits per heavy atom. The SMILES string of the molecule is O=P(Cl)(Nc1ccccc1)Nc1ccccc1. The lowest BCUT2D eigenvalue weighted by Crippen LogP contribution is -2.00. The molecule has 88 valence electrons. The van der Waals surface area contributed by atoms with Crippen LogP contribution >= 0.6 is 18.0 Å². The number of rotatable bonds is 4. The van der Waals surface area contributed by atoms with Gasteiger partial charge in [-0.1, -0.05) is 36.4 Å². The third-order valence-corrected chi connectivity index (χ3v) is 3.69. The third-order valence-electron chi connectivity index (χ3n) is 2.09. The lowest BCUT2D eigenvalue weighted by molar-refractivity contribution is 0.590. The summed E-state index contributed by atoms with van der Waals surface area (Å²) in [5.41, 5.74) is 1.43. The van der Waals surface area contributed by atoms with Gasteiger partial charge in [-0.2, -0.15) is 0 Å². The van der Waals surface area contributed by atoms with E-state index in [0.717, 1.165) is 0 Å². The molecule has 0 saturated carbocycles. The minimum absolute atomic E-state index is 0.717. The molecule has 0 spiro atoms. The molecule has 0 aliphatic rings. The maximum atomic E-state index is 12.1. The molecule has 0 atom stereocenters. The molecular formula is C12H12ClN2OP. The summed E-state index contributed by atoms with van der Waals surface area (Å²) in [7, 11) is 0. The van der Waals surface area contributed by atoms with Crippen molar-refractivity contribution >= 4 is 29.4 Å². The normalized spacial score (nSPS) is 10.9. The molecule has 0 amide bonds. The van der Waals surface area contributed by atoms with Gasteiger partial charge in [0.1, 0.15) is 0 Å². The highest BCUT2D eigenvalue weighted by molar-refractivity contribution is 7.91. The summed E-state index contributed by atoms with van der Waals surface area (Å²) in [5.74, 6) is 0. The van der Waals surface area contributed by atoms with Crippen molar-refractivity contribution in [3.05, 3.63) is 60.7 Å². The summed E-state index contributed by atoms with van der Waals surface area (Å²) in [6.07, 6.45) is 0. The van der Waals surface area contributed by atoms with Gasteiger partial charge in [-0.05, 0) is 35.5 Å². The smallest absolute Gasteiger partial charge is 0.308 e. The Kier molecular flexibility index (Phi) is 3.72. The Hall–Kier alpha value is -1.44. The fourth-order valence-electron chi connectivity index (χ4n) is 1.39. The highest BCUT2D eigenvalue weighted by atomic mass is 35.7. The van der Waals surface area contributed by atoms with Crippen LogP contribution in [0.25, 0.3) is 0 Å². The first-order valence-corrected chi connectivity index (χ1v) is 7.73. The van der Waals surface area contributed by atoms with Crippen molar-refractivity contribution in [2.24, 2.45) is 0 Å². The first-order chi connectivity index (χ1) is 8.16. The van der Waals surface area contributed by atoms with Crippen LogP contribution in [0.15, 0.2) is 60.7 Å². The van der Waals surface area contributed by atoms with Crippen LogP contribution in [0.5, 0.6) is 0 Å². The summed E-state index contributed by atoms with van der Waals surface area (Å²) < 4.78 is 12.1. The highest BCUT2D eigenvalue weighted by Crippen LogP contribution is 2.50. The number of anilines is 2. The first kappa shape index (κ1) is 12.0. The number of benzene rings is 2. The summed E-state index contributed by atoms with van der Waals surface area (Å²) >= 11 is 5.94. The van der Waals surface area contributed by atoms with Gasteiger partial charge in [0.15, 0.2) is 0 Å². The molecule has 0 aliphatic heterocycles. The van der Waals surface area contributed by atoms with Crippen molar-refractivity contribution < 1.29 is 4.57 Å². The molecule has 5 heteroatoms. The molecule has 2 aromatic rings. The average molecular weight is 267 g/mol. The molecular weight excluding hydrogens is 255 g/mol. The van der Waals surface area contributed by atoms with E-state index in [9.17, 15) is 4.57 Å². The van der Waals surface area contributed by atoms with Gasteiger partial charge < -0.3 is 10.2 Å². The Morgan fingerprint density at radius 3 is 1.47 bits per heavy atom. The predicted octanol–water partition coefficient (Wildman–Crippen LogP) is 4.56. The zero-order valence-corrected chi connectivity index (χ0v) is 10.7. The van der Waals surface area contributed by atoms with Crippen LogP contribution in [0.1, 0.15) is 0 Å². The lowest BCUT2D eigenvalue weighted by Gasteiger charge is -2.15. The zero-order valence-electron chi connectivity index (χ0n) is 9.01. The van der Waals surface area contributed by atoms with Crippen LogP contribution in [-0.4, -0.2) is 0 Å². The van der Waals surface area contributed by atoms with Crippen LogP contribution in [0.2, 0.25) is 0 Å². The maximum absolute atomic E-state index is 12.1. The largest absolute Gasteiger partial charge is 0.347 e. The van der Waals surface area contributed by atoms with Crippen molar-refractivity contribution in [1.82, 2.24) is 0 Å². The van der Waals surface area contributed by atoms with Gasteiger partial charge in [-0.3, -0.25) is 4.57 Å². The van der Waals surface area contributed by atoms with E-state index in [1.54, 1.807) is 0 Å². The Morgan fingerprint density at radius 2 is 1.12 bits per heavy atom. The molecule has 0 aromatic heterocycles. The zero-order chi connectivity index (χ0) is 12.1. The van der Waals surface area contributed by atoms with Gasteiger partial charge in [0.2, 0.25) is 0 Å². The Labute approximate surface area is 105 Å². The van der Waals surface area contributed by atoms with Crippen molar-refractivity contribution in [2.45, 2.75) is 0 Å². The van der Waals surface area contributed by atoms with Gasteiger partial charge in [-0.15, -0.1) is 0 Å². The monoisotopic (exact) mass is 266 g/mol. The van der Waals surface area contributed by atoms with Crippen LogP contribution in [0.3, 0.4) is 0 Å². The van der Waals surface area contributed by atoms with Crippen molar-refractivity contribution in [3.63, 3.8) is 0 Å². The second-order valence-electron chi connectivity index (χ2n) is 3.49. The number of nitrogens with one attached hydrogen (secondary N) is 2.